The number of hydrogen-bond acceptors (Lipinski definition) is 3. The van der Waals surface area contributed by atoms with Crippen LogP contribution in [0.1, 0.15) is 6.42 Å². The fourth-order valence-electron chi connectivity index (χ4n) is 3.11. The molecule has 3 aromatic rings. The van der Waals surface area contributed by atoms with Crippen molar-refractivity contribution in [2.24, 2.45) is 0 Å². The molecule has 25 heavy (non-hydrogen) atoms. The molecule has 0 unspecified atom stereocenters. The summed E-state index contributed by atoms with van der Waals surface area (Å²) in [6.45, 7) is 0. The van der Waals surface area contributed by atoms with E-state index in [-0.39, 0.29) is 18.2 Å². The summed E-state index contributed by atoms with van der Waals surface area (Å²) in [5, 5.41) is 5.88. The van der Waals surface area contributed by atoms with Crippen LogP contribution in [-0.2, 0) is 9.59 Å². The van der Waals surface area contributed by atoms with E-state index >= 15 is 0 Å². The van der Waals surface area contributed by atoms with E-state index in [0.29, 0.717) is 10.7 Å². The maximum atomic E-state index is 12.7. The molecule has 5 heteroatoms. The molecular formula is C20H15ClN2O2. The van der Waals surface area contributed by atoms with Crippen molar-refractivity contribution < 1.29 is 9.59 Å². The zero-order valence-electron chi connectivity index (χ0n) is 13.3. The number of benzene rings is 3. The van der Waals surface area contributed by atoms with Crippen LogP contribution >= 0.6 is 11.6 Å². The number of amides is 2. The zero-order chi connectivity index (χ0) is 17.4. The first kappa shape index (κ1) is 15.7. The van der Waals surface area contributed by atoms with Gasteiger partial charge in [0.15, 0.2) is 0 Å². The zero-order valence-corrected chi connectivity index (χ0v) is 14.0. The highest BCUT2D eigenvalue weighted by Gasteiger charge is 2.39. The molecule has 2 amide bonds. The minimum absolute atomic E-state index is 0.123. The molecule has 0 radical (unpaired) electrons. The van der Waals surface area contributed by atoms with Crippen molar-refractivity contribution in [2.75, 3.05) is 10.2 Å². The number of halogens is 1. The quantitative estimate of drug-likeness (QED) is 0.719. The van der Waals surface area contributed by atoms with Crippen LogP contribution < -0.4 is 10.2 Å². The van der Waals surface area contributed by atoms with E-state index in [4.69, 9.17) is 11.6 Å². The SMILES string of the molecule is O=C1C[C@H](Nc2ccc3ccccc3c2)C(=O)N1c1cccc(Cl)c1. The van der Waals surface area contributed by atoms with Gasteiger partial charge in [0.1, 0.15) is 6.04 Å². The highest BCUT2D eigenvalue weighted by Crippen LogP contribution is 2.27. The van der Waals surface area contributed by atoms with Crippen molar-refractivity contribution in [1.82, 2.24) is 0 Å². The summed E-state index contributed by atoms with van der Waals surface area (Å²) >= 11 is 5.98. The van der Waals surface area contributed by atoms with E-state index in [9.17, 15) is 9.59 Å². The van der Waals surface area contributed by atoms with Gasteiger partial charge in [-0.05, 0) is 41.1 Å². The summed E-state index contributed by atoms with van der Waals surface area (Å²) in [5.41, 5.74) is 1.32. The second kappa shape index (κ2) is 6.22. The molecule has 1 N–H and O–H groups in total. The Morgan fingerprint density at radius 1 is 0.920 bits per heavy atom. The number of imide groups is 1. The topological polar surface area (TPSA) is 49.4 Å². The maximum Gasteiger partial charge on any atom is 0.256 e. The summed E-state index contributed by atoms with van der Waals surface area (Å²) < 4.78 is 0. The summed E-state index contributed by atoms with van der Waals surface area (Å²) in [4.78, 5) is 26.2. The molecule has 4 rings (SSSR count). The van der Waals surface area contributed by atoms with Crippen LogP contribution in [0.2, 0.25) is 5.02 Å². The summed E-state index contributed by atoms with van der Waals surface area (Å²) in [6.07, 6.45) is 0.123. The van der Waals surface area contributed by atoms with Crippen LogP contribution in [-0.4, -0.2) is 17.9 Å². The molecule has 1 atom stereocenters. The molecule has 0 saturated carbocycles. The molecule has 1 aliphatic rings. The molecule has 3 aromatic carbocycles. The van der Waals surface area contributed by atoms with Gasteiger partial charge in [0, 0.05) is 10.7 Å². The Labute approximate surface area is 150 Å². The molecule has 1 heterocycles. The Balaban J connectivity index is 1.59. The normalized spacial score (nSPS) is 17.3. The number of fused-ring (bicyclic) bond motifs is 1. The minimum atomic E-state index is -0.576. The van der Waals surface area contributed by atoms with E-state index in [1.807, 2.05) is 42.5 Å². The lowest BCUT2D eigenvalue weighted by molar-refractivity contribution is -0.121. The summed E-state index contributed by atoms with van der Waals surface area (Å²) in [7, 11) is 0. The molecule has 0 aromatic heterocycles. The molecule has 1 aliphatic heterocycles. The molecule has 0 spiro atoms. The second-order valence-corrected chi connectivity index (χ2v) is 6.45. The lowest BCUT2D eigenvalue weighted by Gasteiger charge is -2.16. The average Bonchev–Trinajstić information content (AvgIpc) is 2.88. The van der Waals surface area contributed by atoms with Crippen molar-refractivity contribution in [1.29, 1.82) is 0 Å². The Kier molecular flexibility index (Phi) is 3.90. The maximum absolute atomic E-state index is 12.7. The van der Waals surface area contributed by atoms with Gasteiger partial charge in [-0.1, -0.05) is 48.0 Å². The van der Waals surface area contributed by atoms with E-state index in [1.165, 1.54) is 4.90 Å². The van der Waals surface area contributed by atoms with E-state index in [1.54, 1.807) is 24.3 Å². The molecule has 0 bridgehead atoms. The van der Waals surface area contributed by atoms with Gasteiger partial charge >= 0.3 is 0 Å². The predicted octanol–water partition coefficient (Wildman–Crippen LogP) is 4.24. The Bertz CT molecular complexity index is 986. The van der Waals surface area contributed by atoms with Gasteiger partial charge in [0.25, 0.3) is 5.91 Å². The Morgan fingerprint density at radius 3 is 2.52 bits per heavy atom. The molecule has 1 saturated heterocycles. The third-order valence-electron chi connectivity index (χ3n) is 4.30. The highest BCUT2D eigenvalue weighted by molar-refractivity contribution is 6.31. The Hall–Kier alpha value is -2.85. The largest absolute Gasteiger partial charge is 0.373 e. The fourth-order valence-corrected chi connectivity index (χ4v) is 3.30. The lowest BCUT2D eigenvalue weighted by atomic mass is 10.1. The molecule has 124 valence electrons. The van der Waals surface area contributed by atoms with Gasteiger partial charge < -0.3 is 5.32 Å². The average molecular weight is 351 g/mol. The summed E-state index contributed by atoms with van der Waals surface area (Å²) in [6, 6.07) is 20.1. The number of nitrogens with zero attached hydrogens (tertiary/aromatic N) is 1. The van der Waals surface area contributed by atoms with Crippen LogP contribution in [0.3, 0.4) is 0 Å². The smallest absolute Gasteiger partial charge is 0.256 e. The number of carbonyl (C=O) groups excluding carboxylic acids is 2. The first-order valence-corrected chi connectivity index (χ1v) is 8.37. The highest BCUT2D eigenvalue weighted by atomic mass is 35.5. The predicted molar refractivity (Wildman–Crippen MR) is 99.9 cm³/mol. The third kappa shape index (κ3) is 2.96. The molecule has 0 aliphatic carbocycles. The number of nitrogens with one attached hydrogen (secondary N) is 1. The van der Waals surface area contributed by atoms with Crippen molar-refractivity contribution >= 4 is 45.6 Å². The first-order valence-electron chi connectivity index (χ1n) is 7.99. The minimum Gasteiger partial charge on any atom is -0.373 e. The van der Waals surface area contributed by atoms with E-state index in [2.05, 4.69) is 5.32 Å². The first-order chi connectivity index (χ1) is 12.1. The van der Waals surface area contributed by atoms with Gasteiger partial charge in [-0.25, -0.2) is 4.90 Å². The van der Waals surface area contributed by atoms with Crippen molar-refractivity contribution in [3.8, 4) is 0 Å². The lowest BCUT2D eigenvalue weighted by Crippen LogP contribution is -2.34. The molecule has 1 fully saturated rings. The third-order valence-corrected chi connectivity index (χ3v) is 4.54. The molecular weight excluding hydrogens is 336 g/mol. The van der Waals surface area contributed by atoms with Gasteiger partial charge in [0.2, 0.25) is 5.91 Å². The number of carbonyl (C=O) groups is 2. The fraction of sp³-hybridized carbons (Fsp3) is 0.100. The van der Waals surface area contributed by atoms with Crippen molar-refractivity contribution in [3.05, 3.63) is 71.8 Å². The summed E-state index contributed by atoms with van der Waals surface area (Å²) in [5.74, 6) is -0.494. The monoisotopic (exact) mass is 350 g/mol. The van der Waals surface area contributed by atoms with Crippen LogP contribution in [0.25, 0.3) is 10.8 Å². The van der Waals surface area contributed by atoms with Crippen LogP contribution in [0.5, 0.6) is 0 Å². The van der Waals surface area contributed by atoms with Gasteiger partial charge in [0.05, 0.1) is 12.1 Å². The van der Waals surface area contributed by atoms with Gasteiger partial charge in [-0.2, -0.15) is 0 Å². The van der Waals surface area contributed by atoms with Crippen LogP contribution in [0, 0.1) is 0 Å². The van der Waals surface area contributed by atoms with E-state index < -0.39 is 6.04 Å². The van der Waals surface area contributed by atoms with Crippen LogP contribution in [0.15, 0.2) is 66.7 Å². The van der Waals surface area contributed by atoms with Gasteiger partial charge in [-0.15, -0.1) is 0 Å². The standard InChI is InChI=1S/C20H15ClN2O2/c21-15-6-3-7-17(11-15)23-19(24)12-18(20(23)25)22-16-9-8-13-4-1-2-5-14(13)10-16/h1-11,18,22H,12H2/t18-/m0/s1. The second-order valence-electron chi connectivity index (χ2n) is 6.01. The van der Waals surface area contributed by atoms with Gasteiger partial charge in [-0.3, -0.25) is 9.59 Å². The number of hydrogen-bond donors (Lipinski definition) is 1. The number of anilines is 2. The van der Waals surface area contributed by atoms with Crippen molar-refractivity contribution in [2.45, 2.75) is 12.5 Å². The Morgan fingerprint density at radius 2 is 1.72 bits per heavy atom. The van der Waals surface area contributed by atoms with E-state index in [0.717, 1.165) is 16.5 Å². The molecule has 4 nitrogen and oxygen atoms in total. The van der Waals surface area contributed by atoms with Crippen LogP contribution in [0.4, 0.5) is 11.4 Å². The number of rotatable bonds is 3. The van der Waals surface area contributed by atoms with Crippen molar-refractivity contribution in [3.63, 3.8) is 0 Å².